The van der Waals surface area contributed by atoms with Gasteiger partial charge in [0, 0.05) is 24.5 Å². The molecule has 2 heterocycles. The Morgan fingerprint density at radius 3 is 2.62 bits per heavy atom. The number of hydrogen-bond donors (Lipinski definition) is 2. The van der Waals surface area contributed by atoms with Gasteiger partial charge < -0.3 is 15.6 Å². The van der Waals surface area contributed by atoms with Crippen molar-refractivity contribution in [1.29, 1.82) is 0 Å². The van der Waals surface area contributed by atoms with Gasteiger partial charge in [-0.3, -0.25) is 4.79 Å². The van der Waals surface area contributed by atoms with Crippen LogP contribution in [-0.2, 0) is 18.3 Å². The fraction of sp³-hybridized carbons (Fsp3) is 0.174. The van der Waals surface area contributed by atoms with E-state index in [0.717, 1.165) is 44.5 Å². The lowest BCUT2D eigenvalue weighted by Crippen LogP contribution is -2.15. The number of hydrogen-bond acceptors (Lipinski definition) is 4. The van der Waals surface area contributed by atoms with Crippen LogP contribution in [0.15, 0.2) is 55.0 Å². The lowest BCUT2D eigenvalue weighted by molar-refractivity contribution is -0.115. The summed E-state index contributed by atoms with van der Waals surface area (Å²) in [6.07, 6.45) is 3.83. The molecule has 6 nitrogen and oxygen atoms in total. The first-order chi connectivity index (χ1) is 13.9. The molecule has 146 valence electrons. The van der Waals surface area contributed by atoms with Crippen LogP contribution in [0.25, 0.3) is 22.2 Å². The van der Waals surface area contributed by atoms with E-state index in [1.54, 1.807) is 0 Å². The number of fused-ring (bicyclic) bond motifs is 1. The predicted octanol–water partition coefficient (Wildman–Crippen LogP) is 4.02. The molecule has 4 rings (SSSR count). The molecule has 6 heteroatoms. The number of benzene rings is 2. The maximum Gasteiger partial charge on any atom is 0.228 e. The minimum atomic E-state index is -0.0331. The van der Waals surface area contributed by atoms with Crippen LogP contribution in [-0.4, -0.2) is 20.4 Å². The Labute approximate surface area is 169 Å². The molecule has 0 aliphatic carbocycles. The van der Waals surface area contributed by atoms with Crippen molar-refractivity contribution in [2.45, 2.75) is 20.3 Å². The maximum atomic E-state index is 12.5. The quantitative estimate of drug-likeness (QED) is 0.556. The zero-order valence-corrected chi connectivity index (χ0v) is 16.7. The Morgan fingerprint density at radius 1 is 1.07 bits per heavy atom. The predicted molar refractivity (Wildman–Crippen MR) is 117 cm³/mol. The third-order valence-corrected chi connectivity index (χ3v) is 5.20. The van der Waals surface area contributed by atoms with E-state index in [4.69, 9.17) is 5.73 Å². The van der Waals surface area contributed by atoms with E-state index in [2.05, 4.69) is 15.3 Å². The molecule has 29 heavy (non-hydrogen) atoms. The molecule has 0 atom stereocenters. The van der Waals surface area contributed by atoms with Crippen LogP contribution in [0.1, 0.15) is 16.7 Å². The highest BCUT2D eigenvalue weighted by atomic mass is 16.1. The summed E-state index contributed by atoms with van der Waals surface area (Å²) in [4.78, 5) is 20.9. The Hall–Kier alpha value is -3.67. The standard InChI is InChI=1S/C23H23N5O/c1-14-6-4-5-7-16(14)11-20(29)27-17-8-9-18(15(2)10-17)19-12-28(3)23-21(19)22(24)25-13-26-23/h4-10,12-13H,11H2,1-3H3,(H,27,29)(H2,24,25,26). The first-order valence-electron chi connectivity index (χ1n) is 9.45. The highest BCUT2D eigenvalue weighted by Gasteiger charge is 2.15. The summed E-state index contributed by atoms with van der Waals surface area (Å²) in [5.41, 5.74) is 12.9. The number of nitrogens with one attached hydrogen (secondary N) is 1. The highest BCUT2D eigenvalue weighted by Crippen LogP contribution is 2.34. The molecule has 0 spiro atoms. The van der Waals surface area contributed by atoms with Crippen LogP contribution in [0.3, 0.4) is 0 Å². The van der Waals surface area contributed by atoms with E-state index in [-0.39, 0.29) is 5.91 Å². The Morgan fingerprint density at radius 2 is 1.86 bits per heavy atom. The summed E-state index contributed by atoms with van der Waals surface area (Å²) in [6.45, 7) is 4.03. The normalized spacial score (nSPS) is 11.0. The molecule has 0 aliphatic rings. The molecular weight excluding hydrogens is 362 g/mol. The molecule has 4 aromatic rings. The van der Waals surface area contributed by atoms with Crippen molar-refractivity contribution < 1.29 is 4.79 Å². The van der Waals surface area contributed by atoms with Crippen molar-refractivity contribution >= 4 is 28.4 Å². The minimum absolute atomic E-state index is 0.0331. The van der Waals surface area contributed by atoms with E-state index in [0.29, 0.717) is 12.2 Å². The number of rotatable bonds is 4. The molecule has 0 aliphatic heterocycles. The van der Waals surface area contributed by atoms with Gasteiger partial charge in [-0.15, -0.1) is 0 Å². The second kappa shape index (κ2) is 7.39. The van der Waals surface area contributed by atoms with Crippen LogP contribution in [0.4, 0.5) is 11.5 Å². The van der Waals surface area contributed by atoms with Gasteiger partial charge in [-0.1, -0.05) is 30.3 Å². The summed E-state index contributed by atoms with van der Waals surface area (Å²) in [6, 6.07) is 13.8. The number of nitrogens with two attached hydrogens (primary N) is 1. The second-order valence-electron chi connectivity index (χ2n) is 7.29. The third kappa shape index (κ3) is 3.57. The number of carbonyl (C=O) groups excluding carboxylic acids is 1. The average Bonchev–Trinajstić information content (AvgIpc) is 3.02. The van der Waals surface area contributed by atoms with E-state index in [9.17, 15) is 4.79 Å². The van der Waals surface area contributed by atoms with Crippen molar-refractivity contribution in [3.63, 3.8) is 0 Å². The second-order valence-corrected chi connectivity index (χ2v) is 7.29. The van der Waals surface area contributed by atoms with E-state index < -0.39 is 0 Å². The molecule has 0 saturated carbocycles. The number of amides is 1. The van der Waals surface area contributed by atoms with Gasteiger partial charge in [0.15, 0.2) is 0 Å². The van der Waals surface area contributed by atoms with Crippen molar-refractivity contribution in [2.75, 3.05) is 11.1 Å². The summed E-state index contributed by atoms with van der Waals surface area (Å²) < 4.78 is 1.94. The van der Waals surface area contributed by atoms with Gasteiger partial charge >= 0.3 is 0 Å². The van der Waals surface area contributed by atoms with Gasteiger partial charge in [-0.2, -0.15) is 0 Å². The molecule has 0 saturated heterocycles. The zero-order valence-electron chi connectivity index (χ0n) is 16.7. The Bertz CT molecular complexity index is 1230. The van der Waals surface area contributed by atoms with E-state index >= 15 is 0 Å². The van der Waals surface area contributed by atoms with Crippen LogP contribution in [0.5, 0.6) is 0 Å². The highest BCUT2D eigenvalue weighted by molar-refractivity contribution is 6.01. The summed E-state index contributed by atoms with van der Waals surface area (Å²) in [5.74, 6) is 0.426. The lowest BCUT2D eigenvalue weighted by atomic mass is 10.00. The number of aromatic nitrogens is 3. The first-order valence-corrected chi connectivity index (χ1v) is 9.45. The van der Waals surface area contributed by atoms with E-state index in [1.165, 1.54) is 6.33 Å². The molecule has 0 fully saturated rings. The van der Waals surface area contributed by atoms with Crippen molar-refractivity contribution in [3.8, 4) is 11.1 Å². The van der Waals surface area contributed by atoms with Gasteiger partial charge in [0.05, 0.1) is 11.8 Å². The zero-order chi connectivity index (χ0) is 20.5. The molecule has 0 unspecified atom stereocenters. The fourth-order valence-electron chi connectivity index (χ4n) is 3.67. The van der Waals surface area contributed by atoms with Crippen LogP contribution < -0.4 is 11.1 Å². The third-order valence-electron chi connectivity index (χ3n) is 5.20. The van der Waals surface area contributed by atoms with Gasteiger partial charge in [0.1, 0.15) is 17.8 Å². The number of carbonyl (C=O) groups is 1. The fourth-order valence-corrected chi connectivity index (χ4v) is 3.67. The Kier molecular flexibility index (Phi) is 4.76. The van der Waals surface area contributed by atoms with E-state index in [1.807, 2.05) is 74.1 Å². The number of anilines is 2. The van der Waals surface area contributed by atoms with Crippen molar-refractivity contribution in [1.82, 2.24) is 14.5 Å². The number of nitrogen functional groups attached to an aromatic ring is 1. The topological polar surface area (TPSA) is 85.8 Å². The van der Waals surface area contributed by atoms with Gasteiger partial charge in [-0.05, 0) is 48.2 Å². The van der Waals surface area contributed by atoms with Crippen LogP contribution in [0, 0.1) is 13.8 Å². The molecule has 3 N–H and O–H groups in total. The molecule has 0 bridgehead atoms. The SMILES string of the molecule is Cc1ccccc1CC(=O)Nc1ccc(-c2cn(C)c3ncnc(N)c23)c(C)c1. The molecule has 2 aromatic carbocycles. The molecule has 0 radical (unpaired) electrons. The summed E-state index contributed by atoms with van der Waals surface area (Å²) in [7, 11) is 1.94. The molecule has 1 amide bonds. The smallest absolute Gasteiger partial charge is 0.228 e. The maximum absolute atomic E-state index is 12.5. The summed E-state index contributed by atoms with van der Waals surface area (Å²) >= 11 is 0. The van der Waals surface area contributed by atoms with Crippen LogP contribution in [0.2, 0.25) is 0 Å². The van der Waals surface area contributed by atoms with Gasteiger partial charge in [0.25, 0.3) is 0 Å². The number of nitrogens with zero attached hydrogens (tertiary/aromatic N) is 3. The molecule has 2 aromatic heterocycles. The lowest BCUT2D eigenvalue weighted by Gasteiger charge is -2.11. The minimum Gasteiger partial charge on any atom is -0.383 e. The largest absolute Gasteiger partial charge is 0.383 e. The first kappa shape index (κ1) is 18.7. The number of aryl methyl sites for hydroxylation is 3. The van der Waals surface area contributed by atoms with Crippen molar-refractivity contribution in [2.24, 2.45) is 7.05 Å². The van der Waals surface area contributed by atoms with Crippen LogP contribution >= 0.6 is 0 Å². The average molecular weight is 385 g/mol. The van der Waals surface area contributed by atoms with Gasteiger partial charge in [0.2, 0.25) is 5.91 Å². The molecular formula is C23H23N5O. The van der Waals surface area contributed by atoms with Crippen molar-refractivity contribution in [3.05, 3.63) is 71.7 Å². The monoisotopic (exact) mass is 385 g/mol. The Balaban J connectivity index is 1.61. The van der Waals surface area contributed by atoms with Gasteiger partial charge in [-0.25, -0.2) is 9.97 Å². The summed E-state index contributed by atoms with van der Waals surface area (Å²) in [5, 5.41) is 3.84.